The normalized spacial score (nSPS) is 17.4. The van der Waals surface area contributed by atoms with Crippen LogP contribution in [0.2, 0.25) is 0 Å². The molecule has 1 fully saturated rings. The van der Waals surface area contributed by atoms with Crippen molar-refractivity contribution in [1.82, 2.24) is 0 Å². The van der Waals surface area contributed by atoms with Crippen LogP contribution in [0.1, 0.15) is 49.4 Å². The predicted octanol–water partition coefficient (Wildman–Crippen LogP) is 3.79. The summed E-state index contributed by atoms with van der Waals surface area (Å²) in [6.07, 6.45) is 6.66. The molecule has 0 bridgehead atoms. The lowest BCUT2D eigenvalue weighted by atomic mass is 9.76. The molecule has 0 radical (unpaired) electrons. The van der Waals surface area contributed by atoms with Crippen LogP contribution in [0.3, 0.4) is 0 Å². The lowest BCUT2D eigenvalue weighted by Crippen LogP contribution is -2.29. The van der Waals surface area contributed by atoms with Crippen LogP contribution in [0.4, 0.5) is 11.4 Å². The molecule has 0 amide bonds. The first-order valence-corrected chi connectivity index (χ1v) is 7.02. The Balaban J connectivity index is 2.12. The minimum Gasteiger partial charge on any atom is -0.379 e. The van der Waals surface area contributed by atoms with E-state index in [9.17, 15) is 14.9 Å². The van der Waals surface area contributed by atoms with E-state index in [0.717, 1.165) is 19.4 Å². The van der Waals surface area contributed by atoms with Gasteiger partial charge in [-0.2, -0.15) is 0 Å². The third-order valence-corrected chi connectivity index (χ3v) is 4.12. The Morgan fingerprint density at radius 2 is 2.05 bits per heavy atom. The van der Waals surface area contributed by atoms with Crippen LogP contribution in [-0.2, 0) is 0 Å². The Morgan fingerprint density at radius 3 is 2.65 bits per heavy atom. The number of hydrogen-bond acceptors (Lipinski definition) is 4. The highest BCUT2D eigenvalue weighted by molar-refractivity contribution is 5.79. The topological polar surface area (TPSA) is 72.2 Å². The van der Waals surface area contributed by atoms with Crippen LogP contribution < -0.4 is 5.32 Å². The number of hydrogen-bond donors (Lipinski definition) is 1. The Morgan fingerprint density at radius 1 is 1.35 bits per heavy atom. The first-order chi connectivity index (χ1) is 9.54. The summed E-state index contributed by atoms with van der Waals surface area (Å²) < 4.78 is 0. The summed E-state index contributed by atoms with van der Waals surface area (Å²) in [6.45, 7) is 2.96. The van der Waals surface area contributed by atoms with Crippen molar-refractivity contribution in [2.24, 2.45) is 5.41 Å². The van der Waals surface area contributed by atoms with E-state index in [0.29, 0.717) is 17.5 Å². The monoisotopic (exact) mass is 276 g/mol. The fraction of sp³-hybridized carbons (Fsp3) is 0.533. The van der Waals surface area contributed by atoms with Gasteiger partial charge in [0, 0.05) is 18.2 Å². The van der Waals surface area contributed by atoms with Crippen molar-refractivity contribution in [1.29, 1.82) is 0 Å². The third-order valence-electron chi connectivity index (χ3n) is 4.12. The van der Waals surface area contributed by atoms with Gasteiger partial charge >= 0.3 is 0 Å². The zero-order valence-electron chi connectivity index (χ0n) is 11.7. The molecule has 5 nitrogen and oxygen atoms in total. The smallest absolute Gasteiger partial charge is 0.293 e. The quantitative estimate of drug-likeness (QED) is 0.504. The van der Waals surface area contributed by atoms with E-state index in [1.165, 1.54) is 25.3 Å². The van der Waals surface area contributed by atoms with Gasteiger partial charge in [-0.3, -0.25) is 14.9 Å². The molecule has 0 atom stereocenters. The molecule has 0 spiro atoms. The van der Waals surface area contributed by atoms with Crippen molar-refractivity contribution in [2.75, 3.05) is 11.9 Å². The fourth-order valence-corrected chi connectivity index (χ4v) is 2.81. The van der Waals surface area contributed by atoms with Gasteiger partial charge in [0.2, 0.25) is 0 Å². The van der Waals surface area contributed by atoms with Gasteiger partial charge in [-0.15, -0.1) is 0 Å². The number of anilines is 1. The lowest BCUT2D eigenvalue weighted by Gasteiger charge is -2.33. The zero-order chi connectivity index (χ0) is 14.6. The van der Waals surface area contributed by atoms with Gasteiger partial charge in [0.15, 0.2) is 0 Å². The van der Waals surface area contributed by atoms with Crippen molar-refractivity contribution >= 4 is 17.7 Å². The van der Waals surface area contributed by atoms with Crippen molar-refractivity contribution < 1.29 is 9.72 Å². The van der Waals surface area contributed by atoms with Crippen molar-refractivity contribution in [3.05, 3.63) is 33.9 Å². The Labute approximate surface area is 118 Å². The van der Waals surface area contributed by atoms with Gasteiger partial charge in [0.25, 0.3) is 5.69 Å². The molecular weight excluding hydrogens is 256 g/mol. The van der Waals surface area contributed by atoms with Gasteiger partial charge in [-0.1, -0.05) is 26.2 Å². The van der Waals surface area contributed by atoms with Crippen LogP contribution in [0.25, 0.3) is 0 Å². The summed E-state index contributed by atoms with van der Waals surface area (Å²) in [4.78, 5) is 21.3. The Hall–Kier alpha value is -1.91. The van der Waals surface area contributed by atoms with Gasteiger partial charge in [-0.05, 0) is 30.4 Å². The molecule has 2 rings (SSSR count). The van der Waals surface area contributed by atoms with Crippen LogP contribution in [0.15, 0.2) is 18.2 Å². The molecule has 1 aromatic rings. The second kappa shape index (κ2) is 6.03. The molecule has 0 saturated heterocycles. The Bertz CT molecular complexity index is 508. The molecular formula is C15H20N2O3. The Kier molecular flexibility index (Phi) is 4.37. The molecule has 1 aliphatic rings. The number of aldehydes is 1. The maximum atomic E-state index is 11.1. The molecule has 1 aromatic carbocycles. The highest BCUT2D eigenvalue weighted by atomic mass is 16.6. The number of rotatable bonds is 5. The third kappa shape index (κ3) is 3.35. The van der Waals surface area contributed by atoms with Crippen LogP contribution >= 0.6 is 0 Å². The summed E-state index contributed by atoms with van der Waals surface area (Å²) in [5.74, 6) is 0. The van der Waals surface area contributed by atoms with Crippen LogP contribution in [0.5, 0.6) is 0 Å². The van der Waals surface area contributed by atoms with E-state index in [1.807, 2.05) is 0 Å². The van der Waals surface area contributed by atoms with Crippen LogP contribution in [0, 0.1) is 15.5 Å². The van der Waals surface area contributed by atoms with Crippen molar-refractivity contribution in [3.63, 3.8) is 0 Å². The van der Waals surface area contributed by atoms with Crippen LogP contribution in [-0.4, -0.2) is 17.8 Å². The van der Waals surface area contributed by atoms with E-state index in [-0.39, 0.29) is 11.1 Å². The van der Waals surface area contributed by atoms with E-state index in [1.54, 1.807) is 12.1 Å². The van der Waals surface area contributed by atoms with E-state index >= 15 is 0 Å². The first-order valence-electron chi connectivity index (χ1n) is 7.02. The molecule has 1 saturated carbocycles. The molecule has 0 aliphatic heterocycles. The highest BCUT2D eigenvalue weighted by Crippen LogP contribution is 2.36. The van der Waals surface area contributed by atoms with E-state index < -0.39 is 4.92 Å². The molecule has 0 heterocycles. The summed E-state index contributed by atoms with van der Waals surface area (Å²) in [5, 5.41) is 14.3. The maximum Gasteiger partial charge on any atom is 0.293 e. The largest absolute Gasteiger partial charge is 0.379 e. The molecule has 5 heteroatoms. The number of nitro benzene ring substituents is 1. The average Bonchev–Trinajstić information content (AvgIpc) is 2.45. The lowest BCUT2D eigenvalue weighted by molar-refractivity contribution is -0.384. The van der Waals surface area contributed by atoms with Gasteiger partial charge in [0.05, 0.1) is 4.92 Å². The van der Waals surface area contributed by atoms with Crippen molar-refractivity contribution in [2.45, 2.75) is 39.0 Å². The second-order valence-corrected chi connectivity index (χ2v) is 5.88. The number of nitrogens with one attached hydrogen (secondary N) is 1. The molecule has 20 heavy (non-hydrogen) atoms. The SMILES string of the molecule is CC1(CNc2ccc(C=O)cc2[N+](=O)[O-])CCCCC1. The number of nitrogens with zero attached hydrogens (tertiary/aromatic N) is 1. The highest BCUT2D eigenvalue weighted by Gasteiger charge is 2.27. The van der Waals surface area contributed by atoms with Crippen molar-refractivity contribution in [3.8, 4) is 0 Å². The number of carbonyl (C=O) groups excluding carboxylic acids is 1. The number of nitro groups is 1. The fourth-order valence-electron chi connectivity index (χ4n) is 2.81. The average molecular weight is 276 g/mol. The van der Waals surface area contributed by atoms with Gasteiger partial charge in [-0.25, -0.2) is 0 Å². The molecule has 1 N–H and O–H groups in total. The molecule has 0 aromatic heterocycles. The molecule has 0 unspecified atom stereocenters. The minimum absolute atomic E-state index is 0.0333. The summed E-state index contributed by atoms with van der Waals surface area (Å²) in [7, 11) is 0. The summed E-state index contributed by atoms with van der Waals surface area (Å²) in [6, 6.07) is 4.54. The minimum atomic E-state index is -0.446. The molecule has 108 valence electrons. The predicted molar refractivity (Wildman–Crippen MR) is 78.2 cm³/mol. The van der Waals surface area contributed by atoms with E-state index in [2.05, 4.69) is 12.2 Å². The second-order valence-electron chi connectivity index (χ2n) is 5.88. The summed E-state index contributed by atoms with van der Waals surface area (Å²) in [5.41, 5.74) is 0.989. The first kappa shape index (κ1) is 14.5. The zero-order valence-corrected chi connectivity index (χ0v) is 11.7. The molecule has 1 aliphatic carbocycles. The van der Waals surface area contributed by atoms with Gasteiger partial charge < -0.3 is 5.32 Å². The number of carbonyl (C=O) groups is 1. The summed E-state index contributed by atoms with van der Waals surface area (Å²) >= 11 is 0. The maximum absolute atomic E-state index is 11.1. The van der Waals surface area contributed by atoms with Gasteiger partial charge in [0.1, 0.15) is 12.0 Å². The standard InChI is InChI=1S/C15H20N2O3/c1-15(7-3-2-4-8-15)11-16-13-6-5-12(10-18)9-14(13)17(19)20/h5-6,9-10,16H,2-4,7-8,11H2,1H3. The van der Waals surface area contributed by atoms with E-state index in [4.69, 9.17) is 0 Å². The number of benzene rings is 1.